The van der Waals surface area contributed by atoms with Crippen LogP contribution < -0.4 is 9.47 Å². The van der Waals surface area contributed by atoms with Crippen molar-refractivity contribution in [1.29, 1.82) is 0 Å². The topological polar surface area (TPSA) is 80.3 Å². The Morgan fingerprint density at radius 3 is 1.59 bits per heavy atom. The largest absolute Gasteiger partial charge is 0.497 e. The molecule has 314 valence electrons. The van der Waals surface area contributed by atoms with Crippen molar-refractivity contribution in [2.45, 2.75) is 43.7 Å². The van der Waals surface area contributed by atoms with E-state index in [2.05, 4.69) is 0 Å². The Labute approximate surface area is 333 Å². The molecule has 0 bridgehead atoms. The van der Waals surface area contributed by atoms with Gasteiger partial charge in [0, 0.05) is 45.4 Å². The minimum absolute atomic E-state index is 0.216. The lowest BCUT2D eigenvalue weighted by Crippen LogP contribution is -2.63. The average Bonchev–Trinajstić information content (AvgIpc) is 3.23. The Morgan fingerprint density at radius 1 is 0.508 bits per heavy atom. The van der Waals surface area contributed by atoms with E-state index in [1.807, 2.05) is 0 Å². The second kappa shape index (κ2) is 15.5. The van der Waals surface area contributed by atoms with E-state index in [1.165, 1.54) is 113 Å². The monoisotopic (exact) mass is 872 g/mol. The zero-order chi connectivity index (χ0) is 43.2. The molecule has 0 heterocycles. The zero-order valence-corrected chi connectivity index (χ0v) is 32.8. The molecule has 0 aliphatic rings. The van der Waals surface area contributed by atoms with E-state index in [0.717, 1.165) is 0 Å². The quantitative estimate of drug-likeness (QED) is 0.0796. The van der Waals surface area contributed by atoms with Crippen molar-refractivity contribution < 1.29 is 70.5 Å². The number of methoxy groups -OCH3 is 4. The van der Waals surface area contributed by atoms with Gasteiger partial charge in [0.25, 0.3) is 0 Å². The van der Waals surface area contributed by atoms with Crippen LogP contribution in [0, 0.1) is 0 Å². The predicted octanol–water partition coefficient (Wildman–Crippen LogP) is 11.5. The van der Waals surface area contributed by atoms with Crippen LogP contribution in [-0.4, -0.2) is 60.1 Å². The summed E-state index contributed by atoms with van der Waals surface area (Å²) in [6, 6.07) is 30.6. The summed E-state index contributed by atoms with van der Waals surface area (Å²) < 4.78 is 183. The molecule has 0 amide bonds. The van der Waals surface area contributed by atoms with Gasteiger partial charge < -0.3 is 18.9 Å². The van der Waals surface area contributed by atoms with Gasteiger partial charge in [0.1, 0.15) is 11.5 Å². The van der Waals surface area contributed by atoms with E-state index in [0.29, 0.717) is 44.2 Å². The molecule has 18 heteroatoms. The Hall–Kier alpha value is -5.01. The summed E-state index contributed by atoms with van der Waals surface area (Å²) in [5, 5.41) is -5.09. The summed E-state index contributed by atoms with van der Waals surface area (Å²) in [5.74, 6) is -15.6. The lowest BCUT2D eigenvalue weighted by molar-refractivity contribution is -0.382. The Morgan fingerprint density at radius 2 is 1.07 bits per heavy atom. The standard InChI is InChI=1S/C41H33F9O7S2/c1-53-29-18-20-33-34(25-29)35(21-22-36(33)54-2)37(55-3,56-4)28-17-15-27-24-32(19-16-26(27)23-28)58(30-11-7-5-8-12-30,31-13-9-6-10-14-31)57-59(51,52)41(49,50)39(44,45)38(42,43)40(46,47)48/h5-25H,1-4H3. The highest BCUT2D eigenvalue weighted by atomic mass is 32.3. The smallest absolute Gasteiger partial charge is 0.460 e. The molecule has 0 aliphatic heterocycles. The van der Waals surface area contributed by atoms with Gasteiger partial charge >= 0.3 is 33.4 Å². The molecular formula is C41H33F9O7S2. The van der Waals surface area contributed by atoms with Crippen LogP contribution >= 0.6 is 10.3 Å². The normalized spacial score (nSPS) is 13.8. The summed E-state index contributed by atoms with van der Waals surface area (Å²) in [4.78, 5) is -0.669. The summed E-state index contributed by atoms with van der Waals surface area (Å²) in [7, 11) is -5.79. The fraction of sp³-hybridized carbons (Fsp3) is 0.220. The van der Waals surface area contributed by atoms with Crippen molar-refractivity contribution in [2.75, 3.05) is 28.4 Å². The number of halogens is 9. The molecule has 0 saturated heterocycles. The van der Waals surface area contributed by atoms with Gasteiger partial charge in [0.2, 0.25) is 5.79 Å². The molecule has 0 aromatic heterocycles. The van der Waals surface area contributed by atoms with Crippen LogP contribution in [0.25, 0.3) is 21.5 Å². The fourth-order valence-electron chi connectivity index (χ4n) is 6.64. The molecule has 0 saturated carbocycles. The third-order valence-electron chi connectivity index (χ3n) is 9.63. The average molecular weight is 873 g/mol. The van der Waals surface area contributed by atoms with Crippen LogP contribution in [0.15, 0.2) is 142 Å². The lowest BCUT2D eigenvalue weighted by Gasteiger charge is -2.41. The van der Waals surface area contributed by atoms with Crippen molar-refractivity contribution in [3.8, 4) is 11.5 Å². The maximum absolute atomic E-state index is 15.4. The Kier molecular flexibility index (Phi) is 11.5. The number of rotatable bonds is 14. The molecule has 0 radical (unpaired) electrons. The van der Waals surface area contributed by atoms with Crippen LogP contribution in [0.1, 0.15) is 11.1 Å². The Balaban J connectivity index is 1.57. The third-order valence-corrected chi connectivity index (χ3v) is 14.8. The fourth-order valence-corrected chi connectivity index (χ4v) is 11.9. The molecule has 6 rings (SSSR count). The summed E-state index contributed by atoms with van der Waals surface area (Å²) >= 11 is 0. The highest BCUT2D eigenvalue weighted by Gasteiger charge is 2.86. The SMILES string of the molecule is COc1ccc2c(OC)ccc(C(OC)(OC)c3ccc4cc(S(OS(=O)(=O)C(F)(F)C(F)(F)C(F)(F)C(F)(F)F)(c5ccccc5)c5ccccc5)ccc4c3)c2c1. The van der Waals surface area contributed by atoms with E-state index in [4.69, 9.17) is 22.6 Å². The lowest BCUT2D eigenvalue weighted by atomic mass is 9.90. The number of hydrogen-bond donors (Lipinski definition) is 0. The van der Waals surface area contributed by atoms with Gasteiger partial charge in [-0.1, -0.05) is 54.6 Å². The number of fused-ring (bicyclic) bond motifs is 2. The first-order chi connectivity index (χ1) is 27.7. The minimum Gasteiger partial charge on any atom is -0.497 e. The maximum atomic E-state index is 15.4. The Bertz CT molecular complexity index is 2550. The summed E-state index contributed by atoms with van der Waals surface area (Å²) in [6.07, 6.45) is -7.27. The van der Waals surface area contributed by atoms with Gasteiger partial charge in [-0.3, -0.25) is 0 Å². The van der Waals surface area contributed by atoms with Gasteiger partial charge in [-0.05, 0) is 99.3 Å². The van der Waals surface area contributed by atoms with Gasteiger partial charge in [-0.2, -0.15) is 47.9 Å². The van der Waals surface area contributed by atoms with Crippen molar-refractivity contribution in [3.05, 3.63) is 139 Å². The third kappa shape index (κ3) is 6.93. The van der Waals surface area contributed by atoms with Crippen LogP contribution in [-0.2, 0) is 29.0 Å². The maximum Gasteiger partial charge on any atom is 0.460 e. The van der Waals surface area contributed by atoms with Crippen molar-refractivity contribution in [3.63, 3.8) is 0 Å². The first kappa shape index (κ1) is 43.6. The predicted molar refractivity (Wildman–Crippen MR) is 202 cm³/mol. The summed E-state index contributed by atoms with van der Waals surface area (Å²) in [5.41, 5.74) is 0.949. The van der Waals surface area contributed by atoms with Crippen LogP contribution in [0.5, 0.6) is 11.5 Å². The van der Waals surface area contributed by atoms with Gasteiger partial charge in [-0.25, -0.2) is 3.63 Å². The van der Waals surface area contributed by atoms with E-state index >= 15 is 8.78 Å². The van der Waals surface area contributed by atoms with Crippen LogP contribution in [0.3, 0.4) is 0 Å². The van der Waals surface area contributed by atoms with Crippen molar-refractivity contribution >= 4 is 42.0 Å². The first-order valence-corrected chi connectivity index (χ1v) is 20.0. The molecule has 0 atom stereocenters. The number of hydrogen-bond acceptors (Lipinski definition) is 7. The highest BCUT2D eigenvalue weighted by molar-refractivity contribution is 8.33. The molecule has 0 aliphatic carbocycles. The van der Waals surface area contributed by atoms with E-state index < -0.39 is 49.5 Å². The second-order valence-electron chi connectivity index (χ2n) is 12.8. The van der Waals surface area contributed by atoms with E-state index in [-0.39, 0.29) is 14.7 Å². The molecule has 6 aromatic rings. The zero-order valence-electron chi connectivity index (χ0n) is 31.2. The summed E-state index contributed by atoms with van der Waals surface area (Å²) in [6.45, 7) is 0. The molecule has 0 N–H and O–H groups in total. The minimum atomic E-state index is -7.52. The van der Waals surface area contributed by atoms with Crippen molar-refractivity contribution in [2.24, 2.45) is 0 Å². The van der Waals surface area contributed by atoms with Crippen molar-refractivity contribution in [1.82, 2.24) is 0 Å². The molecule has 7 nitrogen and oxygen atoms in total. The van der Waals surface area contributed by atoms with Gasteiger partial charge in [-0.15, -0.1) is 0 Å². The first-order valence-electron chi connectivity index (χ1n) is 17.1. The molecule has 6 aromatic carbocycles. The molecule has 0 unspecified atom stereocenters. The molecular weight excluding hydrogens is 840 g/mol. The highest BCUT2D eigenvalue weighted by Crippen LogP contribution is 2.71. The van der Waals surface area contributed by atoms with Gasteiger partial charge in [0.05, 0.1) is 14.2 Å². The van der Waals surface area contributed by atoms with Crippen LogP contribution in [0.2, 0.25) is 0 Å². The van der Waals surface area contributed by atoms with E-state index in [1.54, 1.807) is 42.5 Å². The number of benzene rings is 6. The number of ether oxygens (including phenoxy) is 4. The molecule has 59 heavy (non-hydrogen) atoms. The number of alkyl halides is 9. The second-order valence-corrected chi connectivity index (χ2v) is 17.3. The van der Waals surface area contributed by atoms with Crippen LogP contribution in [0.4, 0.5) is 39.5 Å². The molecule has 0 spiro atoms. The van der Waals surface area contributed by atoms with Gasteiger partial charge in [0.15, 0.2) is 0 Å². The van der Waals surface area contributed by atoms with E-state index in [9.17, 15) is 39.2 Å². The molecule has 0 fully saturated rings.